The van der Waals surface area contributed by atoms with Crippen molar-refractivity contribution in [2.24, 2.45) is 0 Å². The van der Waals surface area contributed by atoms with Crippen molar-refractivity contribution in [2.75, 3.05) is 36.5 Å². The van der Waals surface area contributed by atoms with E-state index >= 15 is 0 Å². The number of pyridine rings is 1. The Labute approximate surface area is 186 Å². The molecule has 0 saturated carbocycles. The summed E-state index contributed by atoms with van der Waals surface area (Å²) in [6, 6.07) is 7.95. The lowest BCUT2D eigenvalue weighted by Crippen LogP contribution is -2.30. The molecule has 0 aliphatic carbocycles. The van der Waals surface area contributed by atoms with Crippen LogP contribution in [-0.2, 0) is 0 Å². The zero-order valence-corrected chi connectivity index (χ0v) is 17.7. The summed E-state index contributed by atoms with van der Waals surface area (Å²) >= 11 is 7.47. The van der Waals surface area contributed by atoms with Gasteiger partial charge in [-0.3, -0.25) is 0 Å². The maximum atomic E-state index is 14.4. The van der Waals surface area contributed by atoms with Gasteiger partial charge in [-0.05, 0) is 18.2 Å². The third kappa shape index (κ3) is 4.57. The van der Waals surface area contributed by atoms with Gasteiger partial charge < -0.3 is 20.4 Å². The van der Waals surface area contributed by atoms with Gasteiger partial charge in [-0.15, -0.1) is 11.3 Å². The molecule has 0 radical (unpaired) electrons. The molecule has 0 atom stereocenters. The number of nitrogens with one attached hydrogen (secondary N) is 1. The highest BCUT2D eigenvalue weighted by Crippen LogP contribution is 2.38. The van der Waals surface area contributed by atoms with Crippen LogP contribution in [0.5, 0.6) is 0 Å². The van der Waals surface area contributed by atoms with Crippen molar-refractivity contribution in [1.82, 2.24) is 19.9 Å². The molecule has 0 bridgehead atoms. The fraction of sp³-hybridized carbons (Fsp3) is 0.200. The van der Waals surface area contributed by atoms with Gasteiger partial charge in [0.2, 0.25) is 0 Å². The normalized spacial score (nSPS) is 11.1. The Hall–Kier alpha value is -2.92. The standard InChI is InChI=1S/C20H18ClFN6O2S/c21-12-2-1-3-13(22)17(12)20-26-14-4-5-23-19(18(14)31-20)27-15-10-16(25-11-24-15)28(6-8-29)7-9-30/h1-5,10-11,29-30H,6-9H2,(H,23,24,25,27). The second kappa shape index (κ2) is 9.48. The first-order valence-electron chi connectivity index (χ1n) is 9.36. The monoisotopic (exact) mass is 460 g/mol. The van der Waals surface area contributed by atoms with Gasteiger partial charge in [0.25, 0.3) is 0 Å². The first-order chi connectivity index (χ1) is 15.1. The van der Waals surface area contributed by atoms with Gasteiger partial charge >= 0.3 is 0 Å². The summed E-state index contributed by atoms with van der Waals surface area (Å²) in [5.74, 6) is 1.09. The number of anilines is 3. The van der Waals surface area contributed by atoms with Crippen LogP contribution in [0.1, 0.15) is 0 Å². The van der Waals surface area contributed by atoms with Crippen molar-refractivity contribution in [1.29, 1.82) is 0 Å². The highest BCUT2D eigenvalue weighted by Gasteiger charge is 2.17. The third-order valence-electron chi connectivity index (χ3n) is 4.44. The van der Waals surface area contributed by atoms with Crippen molar-refractivity contribution >= 4 is 50.6 Å². The first kappa shape index (κ1) is 21.3. The van der Waals surface area contributed by atoms with Gasteiger partial charge in [0.05, 0.1) is 34.0 Å². The molecular formula is C20H18ClFN6O2S. The van der Waals surface area contributed by atoms with Gasteiger partial charge in [-0.25, -0.2) is 24.3 Å². The van der Waals surface area contributed by atoms with Crippen LogP contribution in [0.25, 0.3) is 20.8 Å². The zero-order valence-electron chi connectivity index (χ0n) is 16.2. The fourth-order valence-corrected chi connectivity index (χ4v) is 4.42. The Kier molecular flexibility index (Phi) is 6.52. The Bertz CT molecular complexity index is 1180. The first-order valence-corrected chi connectivity index (χ1v) is 10.6. The summed E-state index contributed by atoms with van der Waals surface area (Å²) in [7, 11) is 0. The third-order valence-corrected chi connectivity index (χ3v) is 5.85. The Morgan fingerprint density at radius 3 is 2.65 bits per heavy atom. The number of hydrogen-bond acceptors (Lipinski definition) is 9. The molecule has 0 amide bonds. The summed E-state index contributed by atoms with van der Waals surface area (Å²) in [5, 5.41) is 22.4. The Morgan fingerprint density at radius 1 is 1.10 bits per heavy atom. The minimum atomic E-state index is -0.442. The predicted molar refractivity (Wildman–Crippen MR) is 120 cm³/mol. The van der Waals surface area contributed by atoms with Gasteiger partial charge in [0, 0.05) is 25.4 Å². The number of halogens is 2. The number of hydrogen-bond donors (Lipinski definition) is 3. The van der Waals surface area contributed by atoms with Gasteiger partial charge in [0.1, 0.15) is 28.8 Å². The van der Waals surface area contributed by atoms with Crippen LogP contribution < -0.4 is 10.2 Å². The maximum absolute atomic E-state index is 14.4. The Balaban J connectivity index is 1.68. The minimum absolute atomic E-state index is 0.0735. The SMILES string of the molecule is OCCN(CCO)c1cc(Nc2nccc3nc(-c4c(F)cccc4Cl)sc23)ncn1. The van der Waals surface area contributed by atoms with Crippen LogP contribution in [0.4, 0.5) is 21.8 Å². The molecule has 3 N–H and O–H groups in total. The summed E-state index contributed by atoms with van der Waals surface area (Å²) in [5.41, 5.74) is 0.901. The highest BCUT2D eigenvalue weighted by atomic mass is 35.5. The number of nitrogens with zero attached hydrogens (tertiary/aromatic N) is 5. The average molecular weight is 461 g/mol. The largest absolute Gasteiger partial charge is 0.395 e. The molecule has 11 heteroatoms. The molecule has 0 aliphatic rings. The van der Waals surface area contributed by atoms with Gasteiger partial charge in [-0.2, -0.15) is 0 Å². The smallest absolute Gasteiger partial charge is 0.151 e. The minimum Gasteiger partial charge on any atom is -0.395 e. The molecule has 0 aliphatic heterocycles. The number of thiazole rings is 1. The van der Waals surface area contributed by atoms with Gasteiger partial charge in [-0.1, -0.05) is 17.7 Å². The van der Waals surface area contributed by atoms with E-state index in [-0.39, 0.29) is 23.8 Å². The van der Waals surface area contributed by atoms with Crippen molar-refractivity contribution in [3.63, 3.8) is 0 Å². The van der Waals surface area contributed by atoms with E-state index in [1.165, 1.54) is 23.7 Å². The van der Waals surface area contributed by atoms with E-state index in [1.54, 1.807) is 35.4 Å². The molecule has 4 aromatic rings. The Morgan fingerprint density at radius 2 is 1.90 bits per heavy atom. The van der Waals surface area contributed by atoms with E-state index in [0.29, 0.717) is 41.1 Å². The van der Waals surface area contributed by atoms with E-state index in [4.69, 9.17) is 11.6 Å². The van der Waals surface area contributed by atoms with Crippen molar-refractivity contribution in [2.45, 2.75) is 0 Å². The topological polar surface area (TPSA) is 107 Å². The molecule has 160 valence electrons. The molecular weight excluding hydrogens is 443 g/mol. The molecule has 31 heavy (non-hydrogen) atoms. The van der Waals surface area contributed by atoms with Gasteiger partial charge in [0.15, 0.2) is 5.82 Å². The summed E-state index contributed by atoms with van der Waals surface area (Å²) in [6.07, 6.45) is 2.99. The molecule has 0 fully saturated rings. The van der Waals surface area contributed by atoms with E-state index in [9.17, 15) is 14.6 Å². The second-order valence-corrected chi connectivity index (χ2v) is 7.85. The van der Waals surface area contributed by atoms with Crippen molar-refractivity contribution in [3.05, 3.63) is 53.7 Å². The van der Waals surface area contributed by atoms with Crippen LogP contribution in [0.15, 0.2) is 42.9 Å². The maximum Gasteiger partial charge on any atom is 0.151 e. The lowest BCUT2D eigenvalue weighted by molar-refractivity contribution is 0.280. The number of aliphatic hydroxyl groups is 2. The fourth-order valence-electron chi connectivity index (χ4n) is 3.05. The van der Waals surface area contributed by atoms with Crippen LogP contribution in [0, 0.1) is 5.82 Å². The average Bonchev–Trinajstić information content (AvgIpc) is 3.18. The zero-order chi connectivity index (χ0) is 21.8. The van der Waals surface area contributed by atoms with E-state index < -0.39 is 5.82 Å². The lowest BCUT2D eigenvalue weighted by atomic mass is 10.2. The highest BCUT2D eigenvalue weighted by molar-refractivity contribution is 7.22. The molecule has 0 saturated heterocycles. The number of rotatable bonds is 8. The number of aliphatic hydroxyl groups excluding tert-OH is 2. The molecule has 8 nitrogen and oxygen atoms in total. The van der Waals surface area contributed by atoms with E-state index in [2.05, 4.69) is 25.3 Å². The quantitative estimate of drug-likeness (QED) is 0.367. The summed E-state index contributed by atoms with van der Waals surface area (Å²) in [6.45, 7) is 0.505. The predicted octanol–water partition coefficient (Wildman–Crippen LogP) is 3.48. The molecule has 0 spiro atoms. The lowest BCUT2D eigenvalue weighted by Gasteiger charge is -2.21. The summed E-state index contributed by atoms with van der Waals surface area (Å²) in [4.78, 5) is 19.1. The van der Waals surface area contributed by atoms with Crippen LogP contribution in [0.3, 0.4) is 0 Å². The van der Waals surface area contributed by atoms with Crippen LogP contribution in [0.2, 0.25) is 5.02 Å². The molecule has 0 unspecified atom stereocenters. The summed E-state index contributed by atoms with van der Waals surface area (Å²) < 4.78 is 15.1. The van der Waals surface area contributed by atoms with E-state index in [1.807, 2.05) is 0 Å². The molecule has 3 heterocycles. The van der Waals surface area contributed by atoms with Crippen LogP contribution in [-0.4, -0.2) is 56.5 Å². The second-order valence-electron chi connectivity index (χ2n) is 6.44. The number of benzene rings is 1. The van der Waals surface area contributed by atoms with Crippen molar-refractivity contribution < 1.29 is 14.6 Å². The molecule has 4 rings (SSSR count). The van der Waals surface area contributed by atoms with E-state index in [0.717, 1.165) is 4.70 Å². The molecule has 3 aromatic heterocycles. The number of fused-ring (bicyclic) bond motifs is 1. The molecule has 1 aromatic carbocycles. The van der Waals surface area contributed by atoms with Crippen LogP contribution >= 0.6 is 22.9 Å². The van der Waals surface area contributed by atoms with Crippen molar-refractivity contribution in [3.8, 4) is 10.6 Å². The number of aromatic nitrogens is 4.